The number of aromatic nitrogens is 1. The summed E-state index contributed by atoms with van der Waals surface area (Å²) in [7, 11) is 0. The number of benzene rings is 2. The van der Waals surface area contributed by atoms with Crippen LogP contribution in [0.15, 0.2) is 55.1 Å². The van der Waals surface area contributed by atoms with Crippen LogP contribution >= 0.6 is 0 Å². The van der Waals surface area contributed by atoms with Crippen LogP contribution in [0.1, 0.15) is 46.9 Å². The topological polar surface area (TPSA) is 57.8 Å². The molecule has 1 heterocycles. The molecule has 0 saturated carbocycles. The Bertz CT molecular complexity index is 1070. The molecule has 0 aliphatic rings. The first-order valence-corrected chi connectivity index (χ1v) is 9.01. The van der Waals surface area contributed by atoms with E-state index in [1.165, 1.54) is 5.56 Å². The van der Waals surface area contributed by atoms with Gasteiger partial charge in [-0.1, -0.05) is 32.1 Å². The second-order valence-electron chi connectivity index (χ2n) is 6.95. The molecule has 0 radical (unpaired) electrons. The Kier molecular flexibility index (Phi) is 5.14. The molecule has 1 N–H and O–H groups in total. The number of allylic oxidation sites excluding steroid dienone is 1. The van der Waals surface area contributed by atoms with E-state index in [4.69, 9.17) is 5.26 Å². The zero-order valence-corrected chi connectivity index (χ0v) is 15.9. The third-order valence-electron chi connectivity index (χ3n) is 4.78. The molecular weight excluding hydrogens is 334 g/mol. The maximum Gasteiger partial charge on any atom is 0.272 e. The fraction of sp³-hybridized carbons (Fsp3) is 0.217. The highest BCUT2D eigenvalue weighted by Crippen LogP contribution is 2.29. The number of nitriles is 1. The maximum atomic E-state index is 13.1. The number of nitrogens with zero attached hydrogens (tertiary/aromatic N) is 2. The monoisotopic (exact) mass is 357 g/mol. The van der Waals surface area contributed by atoms with Gasteiger partial charge in [0.1, 0.15) is 5.69 Å². The molecule has 27 heavy (non-hydrogen) atoms. The zero-order chi connectivity index (χ0) is 19.6. The minimum atomic E-state index is -0.188. The van der Waals surface area contributed by atoms with E-state index in [2.05, 4.69) is 50.0 Å². The fourth-order valence-corrected chi connectivity index (χ4v) is 3.37. The van der Waals surface area contributed by atoms with Gasteiger partial charge >= 0.3 is 0 Å². The fourth-order valence-electron chi connectivity index (χ4n) is 3.37. The van der Waals surface area contributed by atoms with E-state index in [9.17, 15) is 4.79 Å². The predicted octanol–water partition coefficient (Wildman–Crippen LogP) is 5.38. The van der Waals surface area contributed by atoms with E-state index in [0.29, 0.717) is 29.4 Å². The molecule has 0 unspecified atom stereocenters. The molecule has 4 nitrogen and oxygen atoms in total. The van der Waals surface area contributed by atoms with Crippen molar-refractivity contribution in [2.24, 2.45) is 0 Å². The summed E-state index contributed by atoms with van der Waals surface area (Å²) in [6.45, 7) is 10.7. The molecule has 0 bridgehead atoms. The van der Waals surface area contributed by atoms with Gasteiger partial charge in [0.05, 0.1) is 11.6 Å². The second-order valence-corrected chi connectivity index (χ2v) is 6.95. The van der Waals surface area contributed by atoms with Crippen molar-refractivity contribution in [2.75, 3.05) is 5.32 Å². The first-order valence-electron chi connectivity index (χ1n) is 9.01. The van der Waals surface area contributed by atoms with Crippen LogP contribution in [0, 0.1) is 18.3 Å². The molecule has 0 atom stereocenters. The molecule has 0 fully saturated rings. The number of aryl methyl sites for hydroxylation is 1. The highest BCUT2D eigenvalue weighted by Gasteiger charge is 2.20. The zero-order valence-electron chi connectivity index (χ0n) is 15.9. The van der Waals surface area contributed by atoms with Gasteiger partial charge in [-0.15, -0.1) is 6.58 Å². The van der Waals surface area contributed by atoms with Crippen molar-refractivity contribution in [3.8, 4) is 6.07 Å². The van der Waals surface area contributed by atoms with E-state index >= 15 is 0 Å². The summed E-state index contributed by atoms with van der Waals surface area (Å²) in [5.74, 6) is 0.231. The molecule has 1 amide bonds. The van der Waals surface area contributed by atoms with E-state index < -0.39 is 0 Å². The Labute approximate surface area is 159 Å². The Morgan fingerprint density at radius 2 is 2.07 bits per heavy atom. The van der Waals surface area contributed by atoms with Crippen LogP contribution in [0.3, 0.4) is 0 Å². The quantitative estimate of drug-likeness (QED) is 0.623. The lowest BCUT2D eigenvalue weighted by molar-refractivity contribution is 0.101. The van der Waals surface area contributed by atoms with Crippen LogP contribution < -0.4 is 5.32 Å². The first kappa shape index (κ1) is 18.5. The normalized spacial score (nSPS) is 10.8. The van der Waals surface area contributed by atoms with Gasteiger partial charge in [0.2, 0.25) is 0 Å². The highest BCUT2D eigenvalue weighted by atomic mass is 16.2. The minimum absolute atomic E-state index is 0.188. The molecule has 3 aromatic rings. The minimum Gasteiger partial charge on any atom is -0.332 e. The van der Waals surface area contributed by atoms with Crippen molar-refractivity contribution >= 4 is 22.5 Å². The van der Waals surface area contributed by atoms with Crippen LogP contribution in [0.4, 0.5) is 5.69 Å². The molecular formula is C23H23N3O. The van der Waals surface area contributed by atoms with Crippen molar-refractivity contribution in [3.05, 3.63) is 77.5 Å². The Balaban J connectivity index is 2.09. The molecule has 0 aliphatic heterocycles. The lowest BCUT2D eigenvalue weighted by Gasteiger charge is -2.10. The van der Waals surface area contributed by atoms with E-state index in [1.54, 1.807) is 30.3 Å². The number of carbonyl (C=O) groups is 1. The average molecular weight is 357 g/mol. The number of nitrogens with one attached hydrogen (secondary N) is 1. The van der Waals surface area contributed by atoms with E-state index in [1.807, 2.05) is 11.5 Å². The second kappa shape index (κ2) is 7.51. The molecule has 0 aliphatic carbocycles. The van der Waals surface area contributed by atoms with Gasteiger partial charge in [0.25, 0.3) is 5.91 Å². The number of amides is 1. The molecule has 3 rings (SSSR count). The molecule has 0 saturated heterocycles. The molecule has 1 aromatic heterocycles. The summed E-state index contributed by atoms with van der Waals surface area (Å²) in [6.07, 6.45) is 1.79. The van der Waals surface area contributed by atoms with Crippen molar-refractivity contribution < 1.29 is 4.79 Å². The molecule has 0 spiro atoms. The number of fused-ring (bicyclic) bond motifs is 1. The summed E-state index contributed by atoms with van der Waals surface area (Å²) in [4.78, 5) is 13.1. The van der Waals surface area contributed by atoms with Gasteiger partial charge in [-0.3, -0.25) is 4.79 Å². The number of carbonyl (C=O) groups excluding carboxylic acids is 1. The summed E-state index contributed by atoms with van der Waals surface area (Å²) < 4.78 is 1.99. The van der Waals surface area contributed by atoms with E-state index in [-0.39, 0.29) is 5.91 Å². The van der Waals surface area contributed by atoms with E-state index in [0.717, 1.165) is 16.5 Å². The highest BCUT2D eigenvalue weighted by molar-refractivity contribution is 6.08. The van der Waals surface area contributed by atoms with Crippen molar-refractivity contribution in [3.63, 3.8) is 0 Å². The summed E-state index contributed by atoms with van der Waals surface area (Å²) in [5, 5.41) is 13.1. The predicted molar refractivity (Wildman–Crippen MR) is 110 cm³/mol. The molecule has 2 aromatic carbocycles. The van der Waals surface area contributed by atoms with Crippen molar-refractivity contribution in [1.82, 2.24) is 4.57 Å². The SMILES string of the molecule is C=CCn1c(C(=O)Nc2cccc(C#N)c2)c(C)c2cc(C(C)C)ccc21. The number of anilines is 1. The van der Waals surface area contributed by atoms with Gasteiger partial charge < -0.3 is 9.88 Å². The third-order valence-corrected chi connectivity index (χ3v) is 4.78. The molecule has 136 valence electrons. The lowest BCUT2D eigenvalue weighted by Crippen LogP contribution is -2.18. The average Bonchev–Trinajstić information content (AvgIpc) is 2.93. The largest absolute Gasteiger partial charge is 0.332 e. The Morgan fingerprint density at radius 1 is 1.30 bits per heavy atom. The summed E-state index contributed by atoms with van der Waals surface area (Å²) in [5.41, 5.74) is 4.95. The van der Waals surface area contributed by atoms with Crippen LogP contribution in [0.5, 0.6) is 0 Å². The summed E-state index contributed by atoms with van der Waals surface area (Å²) >= 11 is 0. The van der Waals surface area contributed by atoms with Crippen LogP contribution in [-0.4, -0.2) is 10.5 Å². The number of hydrogen-bond acceptors (Lipinski definition) is 2. The first-order chi connectivity index (χ1) is 13.0. The van der Waals surface area contributed by atoms with Gasteiger partial charge in [0.15, 0.2) is 0 Å². The maximum absolute atomic E-state index is 13.1. The Hall–Kier alpha value is -3.32. The smallest absolute Gasteiger partial charge is 0.272 e. The molecule has 4 heteroatoms. The van der Waals surface area contributed by atoms with Crippen molar-refractivity contribution in [2.45, 2.75) is 33.2 Å². The number of rotatable bonds is 5. The van der Waals surface area contributed by atoms with Crippen LogP contribution in [0.2, 0.25) is 0 Å². The van der Waals surface area contributed by atoms with Gasteiger partial charge in [-0.05, 0) is 54.3 Å². The van der Waals surface area contributed by atoms with Crippen molar-refractivity contribution in [1.29, 1.82) is 5.26 Å². The standard InChI is InChI=1S/C23H23N3O/c1-5-11-26-21-10-9-18(15(2)3)13-20(21)16(4)22(26)23(27)25-19-8-6-7-17(12-19)14-24/h5-10,12-13,15H,1,11H2,2-4H3,(H,25,27). The van der Waals surface area contributed by atoms with Crippen LogP contribution in [-0.2, 0) is 6.54 Å². The van der Waals surface area contributed by atoms with Gasteiger partial charge in [0, 0.05) is 23.1 Å². The number of hydrogen-bond donors (Lipinski definition) is 1. The Morgan fingerprint density at radius 3 is 2.74 bits per heavy atom. The van der Waals surface area contributed by atoms with Gasteiger partial charge in [-0.2, -0.15) is 5.26 Å². The van der Waals surface area contributed by atoms with Crippen LogP contribution in [0.25, 0.3) is 10.9 Å². The summed E-state index contributed by atoms with van der Waals surface area (Å²) in [6, 6.07) is 15.4. The lowest BCUT2D eigenvalue weighted by atomic mass is 10.0. The van der Waals surface area contributed by atoms with Gasteiger partial charge in [-0.25, -0.2) is 0 Å². The third kappa shape index (κ3) is 3.50.